The predicted molar refractivity (Wildman–Crippen MR) is 79.3 cm³/mol. The fourth-order valence-electron chi connectivity index (χ4n) is 2.08. The number of hydrogen-bond donors (Lipinski definition) is 0. The van der Waals surface area contributed by atoms with Gasteiger partial charge in [0.05, 0.1) is 31.1 Å². The van der Waals surface area contributed by atoms with E-state index in [1.54, 1.807) is 24.3 Å². The standard InChI is InChI=1S/C13H16BrNO5S/c1-19-13(16)8-11-9-15(5-6-20-11)21(17,18)12-4-2-3-10(14)7-12/h2-4,7,11H,5-6,8-9H2,1H3. The van der Waals surface area contributed by atoms with Gasteiger partial charge in [0.2, 0.25) is 10.0 Å². The van der Waals surface area contributed by atoms with Crippen LogP contribution in [0.4, 0.5) is 0 Å². The van der Waals surface area contributed by atoms with Crippen molar-refractivity contribution < 1.29 is 22.7 Å². The summed E-state index contributed by atoms with van der Waals surface area (Å²) < 4.78 is 37.2. The van der Waals surface area contributed by atoms with Crippen molar-refractivity contribution in [2.75, 3.05) is 26.8 Å². The Morgan fingerprint density at radius 2 is 2.29 bits per heavy atom. The van der Waals surface area contributed by atoms with Gasteiger partial charge in [-0.1, -0.05) is 22.0 Å². The summed E-state index contributed by atoms with van der Waals surface area (Å²) in [6.07, 6.45) is -0.436. The maximum Gasteiger partial charge on any atom is 0.308 e. The maximum absolute atomic E-state index is 12.6. The molecule has 21 heavy (non-hydrogen) atoms. The van der Waals surface area contributed by atoms with Crippen LogP contribution < -0.4 is 0 Å². The summed E-state index contributed by atoms with van der Waals surface area (Å²) in [6.45, 7) is 0.672. The summed E-state index contributed by atoms with van der Waals surface area (Å²) in [6, 6.07) is 6.53. The Morgan fingerprint density at radius 1 is 1.52 bits per heavy atom. The number of halogens is 1. The van der Waals surface area contributed by atoms with Gasteiger partial charge in [0.25, 0.3) is 0 Å². The van der Waals surface area contributed by atoms with Gasteiger partial charge in [-0.15, -0.1) is 0 Å². The third kappa shape index (κ3) is 4.03. The zero-order valence-corrected chi connectivity index (χ0v) is 13.9. The van der Waals surface area contributed by atoms with Crippen LogP contribution in [0, 0.1) is 0 Å². The van der Waals surface area contributed by atoms with Crippen LogP contribution in [0.25, 0.3) is 0 Å². The number of nitrogens with zero attached hydrogens (tertiary/aromatic N) is 1. The van der Waals surface area contributed by atoms with Gasteiger partial charge < -0.3 is 9.47 Å². The lowest BCUT2D eigenvalue weighted by Crippen LogP contribution is -2.46. The summed E-state index contributed by atoms with van der Waals surface area (Å²) in [4.78, 5) is 11.5. The van der Waals surface area contributed by atoms with Crippen LogP contribution in [0.1, 0.15) is 6.42 Å². The number of carbonyl (C=O) groups excluding carboxylic acids is 1. The van der Waals surface area contributed by atoms with Crippen LogP contribution >= 0.6 is 15.9 Å². The number of esters is 1. The van der Waals surface area contributed by atoms with Crippen LogP contribution in [0.3, 0.4) is 0 Å². The lowest BCUT2D eigenvalue weighted by molar-refractivity contribution is -0.145. The molecule has 0 aromatic heterocycles. The minimum atomic E-state index is -3.59. The van der Waals surface area contributed by atoms with E-state index in [0.717, 1.165) is 0 Å². The molecule has 1 atom stereocenters. The van der Waals surface area contributed by atoms with Crippen LogP contribution in [0.15, 0.2) is 33.6 Å². The minimum absolute atomic E-state index is 0.0427. The highest BCUT2D eigenvalue weighted by atomic mass is 79.9. The smallest absolute Gasteiger partial charge is 0.308 e. The van der Waals surface area contributed by atoms with Gasteiger partial charge >= 0.3 is 5.97 Å². The summed E-state index contributed by atoms with van der Waals surface area (Å²) in [7, 11) is -2.30. The molecule has 1 aliphatic rings. The number of methoxy groups -OCH3 is 1. The molecule has 6 nitrogen and oxygen atoms in total. The summed E-state index contributed by atoms with van der Waals surface area (Å²) in [5.74, 6) is -0.415. The number of morpholine rings is 1. The molecule has 1 fully saturated rings. The Morgan fingerprint density at radius 3 is 2.95 bits per heavy atom. The Bertz CT molecular complexity index is 619. The van der Waals surface area contributed by atoms with E-state index in [-0.39, 0.29) is 31.0 Å². The Hall–Kier alpha value is -0.960. The monoisotopic (exact) mass is 377 g/mol. The summed E-state index contributed by atoms with van der Waals surface area (Å²) in [5, 5.41) is 0. The Labute approximate surface area is 132 Å². The molecule has 116 valence electrons. The van der Waals surface area contributed by atoms with E-state index in [1.807, 2.05) is 0 Å². The molecule has 0 N–H and O–H groups in total. The molecule has 1 aliphatic heterocycles. The second-order valence-electron chi connectivity index (χ2n) is 4.59. The van der Waals surface area contributed by atoms with Gasteiger partial charge in [0, 0.05) is 17.6 Å². The van der Waals surface area contributed by atoms with E-state index in [4.69, 9.17) is 4.74 Å². The van der Waals surface area contributed by atoms with Crippen molar-refractivity contribution >= 4 is 31.9 Å². The molecule has 0 bridgehead atoms. The van der Waals surface area contributed by atoms with Crippen molar-refractivity contribution in [2.45, 2.75) is 17.4 Å². The molecule has 1 heterocycles. The van der Waals surface area contributed by atoms with Gasteiger partial charge in [0.1, 0.15) is 0 Å². The summed E-state index contributed by atoms with van der Waals surface area (Å²) in [5.41, 5.74) is 0. The molecule has 1 unspecified atom stereocenters. The second kappa shape index (κ2) is 6.87. The molecular weight excluding hydrogens is 362 g/mol. The molecule has 0 radical (unpaired) electrons. The topological polar surface area (TPSA) is 72.9 Å². The fraction of sp³-hybridized carbons (Fsp3) is 0.462. The van der Waals surface area contributed by atoms with E-state index in [9.17, 15) is 13.2 Å². The van der Waals surface area contributed by atoms with Crippen LogP contribution in [-0.4, -0.2) is 51.6 Å². The van der Waals surface area contributed by atoms with E-state index in [1.165, 1.54) is 11.4 Å². The number of rotatable bonds is 4. The fourth-order valence-corrected chi connectivity index (χ4v) is 4.13. The normalized spacial score (nSPS) is 20.2. The van der Waals surface area contributed by atoms with Crippen molar-refractivity contribution in [3.05, 3.63) is 28.7 Å². The largest absolute Gasteiger partial charge is 0.469 e. The van der Waals surface area contributed by atoms with Gasteiger partial charge in [-0.3, -0.25) is 4.79 Å². The molecule has 0 aliphatic carbocycles. The van der Waals surface area contributed by atoms with Gasteiger partial charge in [-0.05, 0) is 18.2 Å². The molecule has 1 aromatic rings. The molecule has 0 spiro atoms. The summed E-state index contributed by atoms with van der Waals surface area (Å²) >= 11 is 3.26. The number of ether oxygens (including phenoxy) is 2. The first-order valence-corrected chi connectivity index (χ1v) is 8.61. The van der Waals surface area contributed by atoms with Crippen LogP contribution in [0.5, 0.6) is 0 Å². The first kappa shape index (κ1) is 16.4. The number of benzene rings is 1. The first-order valence-electron chi connectivity index (χ1n) is 6.37. The average molecular weight is 378 g/mol. The molecule has 0 saturated carbocycles. The van der Waals surface area contributed by atoms with E-state index >= 15 is 0 Å². The quantitative estimate of drug-likeness (QED) is 0.741. The van der Waals surface area contributed by atoms with Gasteiger partial charge in [-0.2, -0.15) is 4.31 Å². The SMILES string of the molecule is COC(=O)CC1CN(S(=O)(=O)c2cccc(Br)c2)CCO1. The third-order valence-corrected chi connectivity index (χ3v) is 5.51. The van der Waals surface area contributed by atoms with Crippen molar-refractivity contribution in [1.82, 2.24) is 4.31 Å². The number of sulfonamides is 1. The van der Waals surface area contributed by atoms with Crippen LogP contribution in [0.2, 0.25) is 0 Å². The van der Waals surface area contributed by atoms with E-state index < -0.39 is 22.1 Å². The zero-order chi connectivity index (χ0) is 15.5. The molecule has 0 amide bonds. The van der Waals surface area contributed by atoms with Crippen molar-refractivity contribution in [1.29, 1.82) is 0 Å². The maximum atomic E-state index is 12.6. The van der Waals surface area contributed by atoms with Crippen LogP contribution in [-0.2, 0) is 24.3 Å². The molecule has 1 saturated heterocycles. The molecule has 2 rings (SSSR count). The van der Waals surface area contributed by atoms with E-state index in [2.05, 4.69) is 20.7 Å². The highest BCUT2D eigenvalue weighted by molar-refractivity contribution is 9.10. The third-order valence-electron chi connectivity index (χ3n) is 3.16. The molecular formula is C13H16BrNO5S. The Balaban J connectivity index is 2.15. The van der Waals surface area contributed by atoms with Crippen molar-refractivity contribution in [3.63, 3.8) is 0 Å². The average Bonchev–Trinajstić information content (AvgIpc) is 2.47. The lowest BCUT2D eigenvalue weighted by Gasteiger charge is -2.31. The zero-order valence-electron chi connectivity index (χ0n) is 11.5. The van der Waals surface area contributed by atoms with Gasteiger partial charge in [0.15, 0.2) is 0 Å². The molecule has 1 aromatic carbocycles. The van der Waals surface area contributed by atoms with E-state index in [0.29, 0.717) is 4.47 Å². The highest BCUT2D eigenvalue weighted by Crippen LogP contribution is 2.22. The lowest BCUT2D eigenvalue weighted by atomic mass is 10.2. The van der Waals surface area contributed by atoms with Gasteiger partial charge in [-0.25, -0.2) is 8.42 Å². The second-order valence-corrected chi connectivity index (χ2v) is 7.45. The first-order chi connectivity index (χ1) is 9.93. The predicted octanol–water partition coefficient (Wildman–Crippen LogP) is 1.40. The highest BCUT2D eigenvalue weighted by Gasteiger charge is 2.32. The number of hydrogen-bond acceptors (Lipinski definition) is 5. The number of carbonyl (C=O) groups is 1. The molecule has 8 heteroatoms. The van der Waals surface area contributed by atoms with Crippen molar-refractivity contribution in [3.8, 4) is 0 Å². The minimum Gasteiger partial charge on any atom is -0.469 e. The Kier molecular flexibility index (Phi) is 5.37. The van der Waals surface area contributed by atoms with Crippen molar-refractivity contribution in [2.24, 2.45) is 0 Å².